The van der Waals surface area contributed by atoms with Gasteiger partial charge in [-0.15, -0.1) is 0 Å². The highest BCUT2D eigenvalue weighted by atomic mass is 16.2. The number of carbonyl (C=O) groups excluding carboxylic acids is 1. The van der Waals surface area contributed by atoms with Gasteiger partial charge < -0.3 is 4.90 Å². The number of aromatic nitrogens is 2. The molecule has 1 fully saturated rings. The van der Waals surface area contributed by atoms with E-state index in [2.05, 4.69) is 30.2 Å². The van der Waals surface area contributed by atoms with Gasteiger partial charge in [0.15, 0.2) is 0 Å². The lowest BCUT2D eigenvalue weighted by Gasteiger charge is -2.26. The smallest absolute Gasteiger partial charge is 0.272 e. The summed E-state index contributed by atoms with van der Waals surface area (Å²) in [6.45, 7) is 5.67. The number of hydrogen-bond acceptors (Lipinski definition) is 2. The molecule has 0 unspecified atom stereocenters. The van der Waals surface area contributed by atoms with E-state index >= 15 is 0 Å². The highest BCUT2D eigenvalue weighted by Gasteiger charge is 2.32. The van der Waals surface area contributed by atoms with Crippen LogP contribution >= 0.6 is 0 Å². The van der Waals surface area contributed by atoms with Crippen LogP contribution in [0.1, 0.15) is 47.4 Å². The molecule has 1 aliphatic rings. The van der Waals surface area contributed by atoms with Gasteiger partial charge in [-0.05, 0) is 43.9 Å². The molecule has 2 heterocycles. The van der Waals surface area contributed by atoms with E-state index in [1.165, 1.54) is 11.1 Å². The van der Waals surface area contributed by atoms with Crippen LogP contribution in [-0.4, -0.2) is 27.1 Å². The highest BCUT2D eigenvalue weighted by molar-refractivity contribution is 5.93. The van der Waals surface area contributed by atoms with Crippen LogP contribution in [0.4, 0.5) is 0 Å². The average molecular weight is 283 g/mol. The Morgan fingerprint density at radius 2 is 2.14 bits per heavy atom. The lowest BCUT2D eigenvalue weighted by Crippen LogP contribution is -2.32. The molecule has 110 valence electrons. The standard InChI is InChI=1S/C17H21N3O/c1-3-20-16(10-11-18-20)17(21)19-12-6-9-15(19)14-8-5-4-7-13(14)2/h4-5,7-8,10-11,15H,3,6,9,12H2,1-2H3/t15-/m1/s1. The van der Waals surface area contributed by atoms with Crippen molar-refractivity contribution in [2.75, 3.05) is 6.54 Å². The topological polar surface area (TPSA) is 38.1 Å². The Labute approximate surface area is 125 Å². The Morgan fingerprint density at radius 3 is 2.90 bits per heavy atom. The second-order valence-electron chi connectivity index (χ2n) is 5.55. The number of benzene rings is 1. The third-order valence-corrected chi connectivity index (χ3v) is 4.30. The Morgan fingerprint density at radius 1 is 1.33 bits per heavy atom. The van der Waals surface area contributed by atoms with Gasteiger partial charge >= 0.3 is 0 Å². The van der Waals surface area contributed by atoms with Gasteiger partial charge in [0.05, 0.1) is 6.04 Å². The largest absolute Gasteiger partial charge is 0.330 e. The molecule has 4 nitrogen and oxygen atoms in total. The molecule has 0 saturated carbocycles. The van der Waals surface area contributed by atoms with E-state index in [-0.39, 0.29) is 11.9 Å². The number of carbonyl (C=O) groups is 1. The summed E-state index contributed by atoms with van der Waals surface area (Å²) in [5.41, 5.74) is 3.22. The van der Waals surface area contributed by atoms with Gasteiger partial charge in [-0.3, -0.25) is 9.48 Å². The SMILES string of the molecule is CCn1nccc1C(=O)N1CCC[C@@H]1c1ccccc1C. The first-order valence-electron chi connectivity index (χ1n) is 7.60. The predicted octanol–water partition coefficient (Wildman–Crippen LogP) is 3.19. The van der Waals surface area contributed by atoms with Gasteiger partial charge in [-0.1, -0.05) is 24.3 Å². The molecule has 1 aromatic heterocycles. The fraction of sp³-hybridized carbons (Fsp3) is 0.412. The van der Waals surface area contributed by atoms with Crippen LogP contribution in [0.3, 0.4) is 0 Å². The molecule has 0 radical (unpaired) electrons. The van der Waals surface area contributed by atoms with Gasteiger partial charge in [0, 0.05) is 19.3 Å². The van der Waals surface area contributed by atoms with Crippen molar-refractivity contribution in [3.05, 3.63) is 53.3 Å². The first kappa shape index (κ1) is 13.9. The summed E-state index contributed by atoms with van der Waals surface area (Å²) in [6, 6.07) is 10.4. The van der Waals surface area contributed by atoms with E-state index in [1.807, 2.05) is 24.0 Å². The summed E-state index contributed by atoms with van der Waals surface area (Å²) in [4.78, 5) is 14.9. The molecule has 1 aliphatic heterocycles. The molecule has 3 rings (SSSR count). The Balaban J connectivity index is 1.91. The summed E-state index contributed by atoms with van der Waals surface area (Å²) in [7, 11) is 0. The van der Waals surface area contributed by atoms with Crippen molar-refractivity contribution in [3.8, 4) is 0 Å². The van der Waals surface area contributed by atoms with E-state index in [0.29, 0.717) is 5.69 Å². The zero-order chi connectivity index (χ0) is 14.8. The molecule has 0 N–H and O–H groups in total. The molecule has 4 heteroatoms. The zero-order valence-electron chi connectivity index (χ0n) is 12.6. The second-order valence-corrected chi connectivity index (χ2v) is 5.55. The number of amides is 1. The van der Waals surface area contributed by atoms with Crippen molar-refractivity contribution in [1.82, 2.24) is 14.7 Å². The zero-order valence-corrected chi connectivity index (χ0v) is 12.6. The van der Waals surface area contributed by atoms with E-state index in [1.54, 1.807) is 10.9 Å². The molecule has 1 atom stereocenters. The number of nitrogens with zero attached hydrogens (tertiary/aromatic N) is 3. The number of hydrogen-bond donors (Lipinski definition) is 0. The molecule has 2 aromatic rings. The Kier molecular flexibility index (Phi) is 3.78. The number of rotatable bonds is 3. The number of likely N-dealkylation sites (tertiary alicyclic amines) is 1. The molecular weight excluding hydrogens is 262 g/mol. The van der Waals surface area contributed by atoms with Crippen LogP contribution in [-0.2, 0) is 6.54 Å². The quantitative estimate of drug-likeness (QED) is 0.867. The molecule has 1 amide bonds. The molecule has 0 bridgehead atoms. The summed E-state index contributed by atoms with van der Waals surface area (Å²) >= 11 is 0. The van der Waals surface area contributed by atoms with Crippen LogP contribution in [0.25, 0.3) is 0 Å². The van der Waals surface area contributed by atoms with Crippen molar-refractivity contribution in [1.29, 1.82) is 0 Å². The molecule has 0 aliphatic carbocycles. The van der Waals surface area contributed by atoms with Gasteiger partial charge in [-0.25, -0.2) is 0 Å². The first-order valence-corrected chi connectivity index (χ1v) is 7.60. The van der Waals surface area contributed by atoms with Gasteiger partial charge in [0.2, 0.25) is 0 Å². The fourth-order valence-corrected chi connectivity index (χ4v) is 3.21. The third kappa shape index (κ3) is 2.46. The maximum atomic E-state index is 12.8. The minimum absolute atomic E-state index is 0.0973. The monoisotopic (exact) mass is 283 g/mol. The van der Waals surface area contributed by atoms with Gasteiger partial charge in [0.25, 0.3) is 5.91 Å². The van der Waals surface area contributed by atoms with Crippen molar-refractivity contribution < 1.29 is 4.79 Å². The van der Waals surface area contributed by atoms with Crippen molar-refractivity contribution in [2.24, 2.45) is 0 Å². The predicted molar refractivity (Wildman–Crippen MR) is 82.1 cm³/mol. The summed E-state index contributed by atoms with van der Waals surface area (Å²) in [5.74, 6) is 0.0973. The van der Waals surface area contributed by atoms with Gasteiger partial charge in [-0.2, -0.15) is 5.10 Å². The maximum Gasteiger partial charge on any atom is 0.272 e. The lowest BCUT2D eigenvalue weighted by molar-refractivity contribution is 0.0722. The third-order valence-electron chi connectivity index (χ3n) is 4.30. The van der Waals surface area contributed by atoms with E-state index in [4.69, 9.17) is 0 Å². The van der Waals surface area contributed by atoms with Gasteiger partial charge in [0.1, 0.15) is 5.69 Å². The average Bonchev–Trinajstić information content (AvgIpc) is 3.16. The first-order chi connectivity index (χ1) is 10.2. The van der Waals surface area contributed by atoms with Crippen LogP contribution < -0.4 is 0 Å². The lowest BCUT2D eigenvalue weighted by atomic mass is 9.99. The van der Waals surface area contributed by atoms with Crippen LogP contribution in [0.2, 0.25) is 0 Å². The summed E-state index contributed by atoms with van der Waals surface area (Å²) in [6.07, 6.45) is 3.80. The highest BCUT2D eigenvalue weighted by Crippen LogP contribution is 2.34. The molecule has 21 heavy (non-hydrogen) atoms. The van der Waals surface area contributed by atoms with Crippen molar-refractivity contribution in [2.45, 2.75) is 39.3 Å². The number of aryl methyl sites for hydroxylation is 2. The molecular formula is C17H21N3O. The van der Waals surface area contributed by atoms with Crippen molar-refractivity contribution >= 4 is 5.91 Å². The van der Waals surface area contributed by atoms with E-state index in [0.717, 1.165) is 25.9 Å². The van der Waals surface area contributed by atoms with E-state index in [9.17, 15) is 4.79 Å². The Hall–Kier alpha value is -2.10. The molecule has 1 aromatic carbocycles. The van der Waals surface area contributed by atoms with Crippen LogP contribution in [0, 0.1) is 6.92 Å². The molecule has 1 saturated heterocycles. The summed E-state index contributed by atoms with van der Waals surface area (Å²) in [5, 5.41) is 4.21. The second kappa shape index (κ2) is 5.72. The minimum Gasteiger partial charge on any atom is -0.330 e. The van der Waals surface area contributed by atoms with Crippen molar-refractivity contribution in [3.63, 3.8) is 0 Å². The fourth-order valence-electron chi connectivity index (χ4n) is 3.21. The normalized spacial score (nSPS) is 18.2. The Bertz CT molecular complexity index is 647. The summed E-state index contributed by atoms with van der Waals surface area (Å²) < 4.78 is 1.77. The molecule has 0 spiro atoms. The maximum absolute atomic E-state index is 12.8. The van der Waals surface area contributed by atoms with Crippen LogP contribution in [0.15, 0.2) is 36.5 Å². The van der Waals surface area contributed by atoms with Crippen LogP contribution in [0.5, 0.6) is 0 Å². The minimum atomic E-state index is 0.0973. The van der Waals surface area contributed by atoms with E-state index < -0.39 is 0 Å².